The zero-order chi connectivity index (χ0) is 20.0. The summed E-state index contributed by atoms with van der Waals surface area (Å²) in [7, 11) is -2.05. The van der Waals surface area contributed by atoms with Crippen molar-refractivity contribution >= 4 is 19.9 Å². The molecular formula is C22H36O3Si. The van der Waals surface area contributed by atoms with Gasteiger partial charge in [0.15, 0.2) is 11.6 Å². The Morgan fingerprint density at radius 2 is 1.50 bits per heavy atom. The molecule has 0 aromatic carbocycles. The Bertz CT molecular complexity index is 647. The van der Waals surface area contributed by atoms with E-state index < -0.39 is 13.7 Å². The third kappa shape index (κ3) is 3.04. The van der Waals surface area contributed by atoms with Crippen LogP contribution in [0.25, 0.3) is 0 Å². The highest BCUT2D eigenvalue weighted by molar-refractivity contribution is 6.77. The second-order valence-corrected chi connectivity index (χ2v) is 14.8. The molecule has 0 saturated carbocycles. The Balaban J connectivity index is 2.40. The zero-order valence-electron chi connectivity index (χ0n) is 18.0. The van der Waals surface area contributed by atoms with Gasteiger partial charge in [-0.05, 0) is 54.1 Å². The van der Waals surface area contributed by atoms with Crippen LogP contribution in [-0.4, -0.2) is 19.9 Å². The van der Waals surface area contributed by atoms with E-state index in [1.807, 2.05) is 6.92 Å². The second kappa shape index (κ2) is 7.10. The van der Waals surface area contributed by atoms with Crippen molar-refractivity contribution in [3.05, 3.63) is 23.0 Å². The largest absolute Gasteiger partial charge is 0.546 e. The predicted molar refractivity (Wildman–Crippen MR) is 109 cm³/mol. The highest BCUT2D eigenvalue weighted by atomic mass is 28.4. The van der Waals surface area contributed by atoms with Crippen LogP contribution in [-0.2, 0) is 14.0 Å². The molecular weight excluding hydrogens is 340 g/mol. The fourth-order valence-corrected chi connectivity index (χ4v) is 10.7. The number of carbonyl (C=O) groups is 2. The van der Waals surface area contributed by atoms with Crippen molar-refractivity contribution in [2.75, 3.05) is 0 Å². The van der Waals surface area contributed by atoms with Crippen LogP contribution in [0.1, 0.15) is 75.2 Å². The van der Waals surface area contributed by atoms with Crippen LogP contribution >= 0.6 is 0 Å². The van der Waals surface area contributed by atoms with Gasteiger partial charge in [-0.1, -0.05) is 48.5 Å². The van der Waals surface area contributed by atoms with Crippen LogP contribution in [0.2, 0.25) is 16.6 Å². The Morgan fingerprint density at radius 1 is 1.00 bits per heavy atom. The fourth-order valence-electron chi connectivity index (χ4n) is 5.40. The summed E-state index contributed by atoms with van der Waals surface area (Å²) in [4.78, 5) is 25.8. The number of fused-ring (bicyclic) bond motifs is 1. The van der Waals surface area contributed by atoms with Gasteiger partial charge < -0.3 is 4.43 Å². The van der Waals surface area contributed by atoms with Crippen LogP contribution in [0, 0.1) is 11.3 Å². The molecule has 0 heterocycles. The van der Waals surface area contributed by atoms with E-state index in [0.29, 0.717) is 40.6 Å². The molecule has 0 spiro atoms. The first-order chi connectivity index (χ1) is 11.9. The molecule has 0 unspecified atom stereocenters. The molecule has 0 radical (unpaired) electrons. The molecule has 3 nitrogen and oxygen atoms in total. The molecule has 146 valence electrons. The number of Topliss-reactive ketones (excluding diaryl/α,β-unsaturated/α-hetero) is 2. The lowest BCUT2D eigenvalue weighted by molar-refractivity contribution is -0.137. The van der Waals surface area contributed by atoms with Crippen molar-refractivity contribution < 1.29 is 14.0 Å². The lowest BCUT2D eigenvalue weighted by Crippen LogP contribution is -2.50. The van der Waals surface area contributed by atoms with Crippen molar-refractivity contribution in [2.45, 2.75) is 91.8 Å². The predicted octanol–water partition coefficient (Wildman–Crippen LogP) is 5.97. The summed E-state index contributed by atoms with van der Waals surface area (Å²) in [6.07, 6.45) is 3.26. The first-order valence-corrected chi connectivity index (χ1v) is 12.2. The number of ketones is 2. The van der Waals surface area contributed by atoms with Gasteiger partial charge in [-0.3, -0.25) is 9.59 Å². The highest BCUT2D eigenvalue weighted by Crippen LogP contribution is 2.51. The normalized spacial score (nSPS) is 27.4. The van der Waals surface area contributed by atoms with Crippen molar-refractivity contribution in [1.82, 2.24) is 0 Å². The monoisotopic (exact) mass is 376 g/mol. The first-order valence-electron chi connectivity index (χ1n) is 10.0. The van der Waals surface area contributed by atoms with Crippen LogP contribution in [0.15, 0.2) is 23.0 Å². The van der Waals surface area contributed by atoms with Gasteiger partial charge in [0.1, 0.15) is 0 Å². The summed E-state index contributed by atoms with van der Waals surface area (Å²) in [5.41, 5.74) is 2.08. The first kappa shape index (κ1) is 21.1. The minimum Gasteiger partial charge on any atom is -0.546 e. The summed E-state index contributed by atoms with van der Waals surface area (Å²) < 4.78 is 6.84. The van der Waals surface area contributed by atoms with E-state index in [1.54, 1.807) is 13.8 Å². The topological polar surface area (TPSA) is 43.4 Å². The van der Waals surface area contributed by atoms with Gasteiger partial charge in [0, 0.05) is 17.8 Å². The van der Waals surface area contributed by atoms with E-state index in [9.17, 15) is 9.59 Å². The van der Waals surface area contributed by atoms with Crippen molar-refractivity contribution in [1.29, 1.82) is 0 Å². The van der Waals surface area contributed by atoms with E-state index in [4.69, 9.17) is 4.43 Å². The minimum atomic E-state index is -2.05. The number of allylic oxidation sites excluding steroid dienone is 4. The van der Waals surface area contributed by atoms with Gasteiger partial charge in [0.25, 0.3) is 8.32 Å². The quantitative estimate of drug-likeness (QED) is 0.555. The third-order valence-corrected chi connectivity index (χ3v) is 13.0. The molecule has 0 aromatic rings. The number of hydrogen-bond donors (Lipinski definition) is 0. The van der Waals surface area contributed by atoms with E-state index in [1.165, 1.54) is 0 Å². The summed E-state index contributed by atoms with van der Waals surface area (Å²) in [6, 6.07) is 0. The Morgan fingerprint density at radius 3 is 1.96 bits per heavy atom. The molecule has 0 aliphatic heterocycles. The lowest BCUT2D eigenvalue weighted by Gasteiger charge is -2.47. The van der Waals surface area contributed by atoms with Gasteiger partial charge in [-0.2, -0.15) is 0 Å². The molecule has 2 aliphatic carbocycles. The Hall–Kier alpha value is -1.16. The summed E-state index contributed by atoms with van der Waals surface area (Å²) in [5, 5.41) is 0. The standard InChI is InChI=1S/C22H36O3Si/c1-13(2)26(14(3)4,15(5)6)25-18-10-11-19-20(23)16(7)17(8)21(24)22(19,9)12-18/h10,13-15,19H,11-12H2,1-9H3/t19-,22-/m1/s1. The number of carbonyl (C=O) groups excluding carboxylic acids is 2. The maximum atomic E-state index is 13.1. The molecule has 4 heteroatoms. The molecule has 2 aliphatic rings. The highest BCUT2D eigenvalue weighted by Gasteiger charge is 2.53. The van der Waals surface area contributed by atoms with Crippen LogP contribution < -0.4 is 0 Å². The molecule has 26 heavy (non-hydrogen) atoms. The van der Waals surface area contributed by atoms with E-state index >= 15 is 0 Å². The summed E-state index contributed by atoms with van der Waals surface area (Å²) in [5.74, 6) is 0.971. The average molecular weight is 377 g/mol. The van der Waals surface area contributed by atoms with Crippen LogP contribution in [0.3, 0.4) is 0 Å². The van der Waals surface area contributed by atoms with E-state index in [0.717, 1.165) is 5.76 Å². The molecule has 0 N–H and O–H groups in total. The molecule has 0 amide bonds. The maximum Gasteiger partial charge on any atom is 0.258 e. The summed E-state index contributed by atoms with van der Waals surface area (Å²) >= 11 is 0. The molecule has 2 atom stereocenters. The van der Waals surface area contributed by atoms with Gasteiger partial charge in [0.2, 0.25) is 0 Å². The van der Waals surface area contributed by atoms with E-state index in [2.05, 4.69) is 47.6 Å². The minimum absolute atomic E-state index is 0.125. The third-order valence-electron chi connectivity index (χ3n) is 7.01. The molecule has 2 rings (SSSR count). The second-order valence-electron chi connectivity index (χ2n) is 9.42. The van der Waals surface area contributed by atoms with Crippen molar-refractivity contribution in [2.24, 2.45) is 11.3 Å². The van der Waals surface area contributed by atoms with Crippen LogP contribution in [0.4, 0.5) is 0 Å². The number of hydrogen-bond acceptors (Lipinski definition) is 3. The average Bonchev–Trinajstić information content (AvgIpc) is 2.55. The zero-order valence-corrected chi connectivity index (χ0v) is 19.0. The van der Waals surface area contributed by atoms with Crippen molar-refractivity contribution in [3.63, 3.8) is 0 Å². The summed E-state index contributed by atoms with van der Waals surface area (Å²) in [6.45, 7) is 19.2. The smallest absolute Gasteiger partial charge is 0.258 e. The van der Waals surface area contributed by atoms with Gasteiger partial charge in [0.05, 0.1) is 5.76 Å². The SMILES string of the molecule is CC1=C(C)C(=O)[C@]2(C)CC(O[Si](C(C)C)(C(C)C)C(C)C)=CC[C@@H]2C1=O. The Kier molecular flexibility index (Phi) is 5.77. The molecule has 0 saturated heterocycles. The molecule has 0 aromatic heterocycles. The maximum absolute atomic E-state index is 13.1. The van der Waals surface area contributed by atoms with E-state index in [-0.39, 0.29) is 17.5 Å². The van der Waals surface area contributed by atoms with Gasteiger partial charge in [-0.25, -0.2) is 0 Å². The van der Waals surface area contributed by atoms with Gasteiger partial charge >= 0.3 is 0 Å². The van der Waals surface area contributed by atoms with Crippen LogP contribution in [0.5, 0.6) is 0 Å². The molecule has 0 fully saturated rings. The van der Waals surface area contributed by atoms with Gasteiger partial charge in [-0.15, -0.1) is 0 Å². The Labute approximate surface area is 160 Å². The molecule has 0 bridgehead atoms. The van der Waals surface area contributed by atoms with Crippen molar-refractivity contribution in [3.8, 4) is 0 Å². The number of rotatable bonds is 5. The fraction of sp³-hybridized carbons (Fsp3) is 0.727. The lowest BCUT2D eigenvalue weighted by atomic mass is 9.59.